The van der Waals surface area contributed by atoms with Gasteiger partial charge in [0.05, 0.1) is 13.3 Å². The molecule has 3 aromatic rings. The maximum absolute atomic E-state index is 5.37. The minimum absolute atomic E-state index is 0.526. The van der Waals surface area contributed by atoms with Gasteiger partial charge in [-0.1, -0.05) is 48.5 Å². The fraction of sp³-hybridized carbons (Fsp3) is 0.286. The maximum atomic E-state index is 5.37. The lowest BCUT2D eigenvalue weighted by Crippen LogP contribution is -2.11. The smallest absolute Gasteiger partial charge is 0.244 e. The van der Waals surface area contributed by atoms with Crippen molar-refractivity contribution in [2.45, 2.75) is 19.3 Å². The van der Waals surface area contributed by atoms with E-state index in [1.54, 1.807) is 13.3 Å². The summed E-state index contributed by atoms with van der Waals surface area (Å²) in [4.78, 5) is 4.46. The van der Waals surface area contributed by atoms with Gasteiger partial charge in [0, 0.05) is 13.1 Å². The summed E-state index contributed by atoms with van der Waals surface area (Å²) in [5.41, 5.74) is 2.49. The molecule has 0 bridgehead atoms. The molecule has 27 heavy (non-hydrogen) atoms. The second-order valence-corrected chi connectivity index (χ2v) is 6.17. The van der Waals surface area contributed by atoms with Crippen LogP contribution in [0.5, 0.6) is 5.75 Å². The van der Waals surface area contributed by atoms with E-state index in [4.69, 9.17) is 4.74 Å². The summed E-state index contributed by atoms with van der Waals surface area (Å²) in [5.74, 6) is 2.16. The number of benzene rings is 2. The van der Waals surface area contributed by atoms with Crippen LogP contribution in [0.3, 0.4) is 0 Å². The lowest BCUT2D eigenvalue weighted by Gasteiger charge is -2.09. The molecule has 0 saturated carbocycles. The van der Waals surface area contributed by atoms with Crippen molar-refractivity contribution in [1.29, 1.82) is 0 Å². The number of para-hydroxylation sites is 1. The zero-order chi connectivity index (χ0) is 18.7. The van der Waals surface area contributed by atoms with Crippen LogP contribution in [0.25, 0.3) is 0 Å². The minimum Gasteiger partial charge on any atom is -0.496 e. The van der Waals surface area contributed by atoms with E-state index in [0.29, 0.717) is 12.5 Å². The van der Waals surface area contributed by atoms with Gasteiger partial charge < -0.3 is 15.4 Å². The molecule has 0 atom stereocenters. The second kappa shape index (κ2) is 10.1. The number of aryl methyl sites for hydroxylation is 1. The Balaban J connectivity index is 1.43. The number of nitrogens with zero attached hydrogens (tertiary/aromatic N) is 3. The maximum Gasteiger partial charge on any atom is 0.244 e. The number of nitrogens with one attached hydrogen (secondary N) is 2. The first-order valence-corrected chi connectivity index (χ1v) is 9.18. The van der Waals surface area contributed by atoms with Gasteiger partial charge in [0.2, 0.25) is 5.95 Å². The standard InChI is InChI=1S/C21H25N5O/c1-27-19-12-6-5-11-18(19)13-15-23-21-25-20(16-24-26-21)22-14-7-10-17-8-3-2-4-9-17/h2-6,8-9,11-12,16H,7,10,13-15H2,1H3,(H2,22,23,25,26). The molecule has 0 radical (unpaired) electrons. The van der Waals surface area contributed by atoms with Crippen molar-refractivity contribution < 1.29 is 4.74 Å². The van der Waals surface area contributed by atoms with Crippen molar-refractivity contribution in [3.8, 4) is 5.75 Å². The first-order chi connectivity index (χ1) is 13.3. The van der Waals surface area contributed by atoms with E-state index in [0.717, 1.165) is 42.9 Å². The number of hydrogen-bond donors (Lipinski definition) is 2. The van der Waals surface area contributed by atoms with Crippen LogP contribution in [0.4, 0.5) is 11.8 Å². The molecule has 140 valence electrons. The van der Waals surface area contributed by atoms with Crippen molar-refractivity contribution in [3.63, 3.8) is 0 Å². The molecule has 0 aliphatic heterocycles. The monoisotopic (exact) mass is 363 g/mol. The van der Waals surface area contributed by atoms with Crippen LogP contribution in [-0.2, 0) is 12.8 Å². The number of methoxy groups -OCH3 is 1. The van der Waals surface area contributed by atoms with Gasteiger partial charge in [-0.2, -0.15) is 10.1 Å². The number of anilines is 2. The van der Waals surface area contributed by atoms with Crippen LogP contribution in [0.2, 0.25) is 0 Å². The molecule has 0 aliphatic rings. The van der Waals surface area contributed by atoms with Crippen LogP contribution < -0.4 is 15.4 Å². The predicted molar refractivity (Wildman–Crippen MR) is 108 cm³/mol. The highest BCUT2D eigenvalue weighted by molar-refractivity contribution is 5.38. The van der Waals surface area contributed by atoms with Crippen molar-refractivity contribution >= 4 is 11.8 Å². The molecule has 0 saturated heterocycles. The Labute approximate surface area is 160 Å². The normalized spacial score (nSPS) is 10.4. The van der Waals surface area contributed by atoms with E-state index in [2.05, 4.69) is 56.1 Å². The van der Waals surface area contributed by atoms with Crippen molar-refractivity contribution in [1.82, 2.24) is 15.2 Å². The van der Waals surface area contributed by atoms with Gasteiger partial charge in [0.1, 0.15) is 11.6 Å². The van der Waals surface area contributed by atoms with Crippen LogP contribution in [0.15, 0.2) is 60.8 Å². The molecule has 0 fully saturated rings. The first kappa shape index (κ1) is 18.6. The van der Waals surface area contributed by atoms with Gasteiger partial charge in [-0.05, 0) is 36.5 Å². The molecule has 1 aromatic heterocycles. The Morgan fingerprint density at radius 3 is 2.56 bits per heavy atom. The molecule has 2 aromatic carbocycles. The molecule has 3 rings (SSSR count). The molecule has 0 spiro atoms. The summed E-state index contributed by atoms with van der Waals surface area (Å²) < 4.78 is 5.37. The SMILES string of the molecule is COc1ccccc1CCNc1nncc(NCCCc2ccccc2)n1. The quantitative estimate of drug-likeness (QED) is 0.537. The molecular weight excluding hydrogens is 338 g/mol. The fourth-order valence-electron chi connectivity index (χ4n) is 2.84. The summed E-state index contributed by atoms with van der Waals surface area (Å²) in [6, 6.07) is 18.5. The summed E-state index contributed by atoms with van der Waals surface area (Å²) in [6.45, 7) is 1.55. The van der Waals surface area contributed by atoms with Crippen molar-refractivity contribution in [2.75, 3.05) is 30.8 Å². The molecule has 1 heterocycles. The minimum atomic E-state index is 0.526. The molecule has 2 N–H and O–H groups in total. The largest absolute Gasteiger partial charge is 0.496 e. The first-order valence-electron chi connectivity index (χ1n) is 9.18. The molecular formula is C21H25N5O. The van der Waals surface area contributed by atoms with E-state index < -0.39 is 0 Å². The highest BCUT2D eigenvalue weighted by Crippen LogP contribution is 2.17. The number of ether oxygens (including phenoxy) is 1. The summed E-state index contributed by atoms with van der Waals surface area (Å²) in [7, 11) is 1.69. The number of hydrogen-bond acceptors (Lipinski definition) is 6. The molecule has 0 unspecified atom stereocenters. The van der Waals surface area contributed by atoms with E-state index in [1.807, 2.05) is 24.3 Å². The number of rotatable bonds is 10. The topological polar surface area (TPSA) is 72.0 Å². The molecule has 0 aliphatic carbocycles. The zero-order valence-corrected chi connectivity index (χ0v) is 15.6. The highest BCUT2D eigenvalue weighted by atomic mass is 16.5. The molecule has 6 heteroatoms. The van der Waals surface area contributed by atoms with E-state index >= 15 is 0 Å². The third kappa shape index (κ3) is 5.95. The van der Waals surface area contributed by atoms with E-state index in [9.17, 15) is 0 Å². The Morgan fingerprint density at radius 2 is 1.70 bits per heavy atom. The fourth-order valence-corrected chi connectivity index (χ4v) is 2.84. The van der Waals surface area contributed by atoms with Gasteiger partial charge in [-0.25, -0.2) is 0 Å². The second-order valence-electron chi connectivity index (χ2n) is 6.17. The van der Waals surface area contributed by atoms with Crippen LogP contribution in [0.1, 0.15) is 17.5 Å². The lowest BCUT2D eigenvalue weighted by atomic mass is 10.1. The summed E-state index contributed by atoms with van der Waals surface area (Å²) in [6.07, 6.45) is 4.54. The predicted octanol–water partition coefficient (Wildman–Crippen LogP) is 3.58. The van der Waals surface area contributed by atoms with Crippen LogP contribution in [0, 0.1) is 0 Å². The zero-order valence-electron chi connectivity index (χ0n) is 15.6. The third-order valence-corrected chi connectivity index (χ3v) is 4.22. The summed E-state index contributed by atoms with van der Waals surface area (Å²) in [5, 5.41) is 14.6. The van der Waals surface area contributed by atoms with Gasteiger partial charge in [0.15, 0.2) is 0 Å². The Bertz CT molecular complexity index is 826. The molecule has 0 amide bonds. The third-order valence-electron chi connectivity index (χ3n) is 4.22. The van der Waals surface area contributed by atoms with E-state index in [-0.39, 0.29) is 0 Å². The summed E-state index contributed by atoms with van der Waals surface area (Å²) >= 11 is 0. The Morgan fingerprint density at radius 1 is 0.889 bits per heavy atom. The van der Waals surface area contributed by atoms with Crippen LogP contribution >= 0.6 is 0 Å². The van der Waals surface area contributed by atoms with E-state index in [1.165, 1.54) is 5.56 Å². The number of aromatic nitrogens is 3. The van der Waals surface area contributed by atoms with Crippen molar-refractivity contribution in [3.05, 3.63) is 71.9 Å². The van der Waals surface area contributed by atoms with Gasteiger partial charge in [0.25, 0.3) is 0 Å². The average Bonchev–Trinajstić information content (AvgIpc) is 2.73. The Hall–Kier alpha value is -3.15. The Kier molecular flexibility index (Phi) is 6.98. The van der Waals surface area contributed by atoms with Crippen LogP contribution in [-0.4, -0.2) is 35.4 Å². The highest BCUT2D eigenvalue weighted by Gasteiger charge is 2.03. The van der Waals surface area contributed by atoms with Crippen molar-refractivity contribution in [2.24, 2.45) is 0 Å². The lowest BCUT2D eigenvalue weighted by molar-refractivity contribution is 0.410. The molecule has 6 nitrogen and oxygen atoms in total. The van der Waals surface area contributed by atoms with Gasteiger partial charge in [-0.15, -0.1) is 5.10 Å². The average molecular weight is 363 g/mol. The van der Waals surface area contributed by atoms with Gasteiger partial charge in [-0.3, -0.25) is 0 Å². The van der Waals surface area contributed by atoms with Gasteiger partial charge >= 0.3 is 0 Å².